The van der Waals surface area contributed by atoms with E-state index in [-0.39, 0.29) is 17.2 Å². The number of fused-ring (bicyclic) bond motifs is 1. The molecular formula is C26H37F3N6O3. The molecule has 0 aliphatic carbocycles. The third-order valence-electron chi connectivity index (χ3n) is 5.49. The Hall–Kier alpha value is -3.41. The van der Waals surface area contributed by atoms with Crippen LogP contribution in [0.25, 0.3) is 11.3 Å². The van der Waals surface area contributed by atoms with E-state index in [1.165, 1.54) is 0 Å². The predicted octanol–water partition coefficient (Wildman–Crippen LogP) is 3.19. The summed E-state index contributed by atoms with van der Waals surface area (Å²) in [6.45, 7) is 10.7. The van der Waals surface area contributed by atoms with Crippen LogP contribution in [0.15, 0.2) is 12.1 Å². The molecular weight excluding hydrogens is 501 g/mol. The first-order valence-electron chi connectivity index (χ1n) is 12.5. The lowest BCUT2D eigenvalue weighted by Crippen LogP contribution is -2.49. The zero-order valence-corrected chi connectivity index (χ0v) is 22.7. The second-order valence-electron chi connectivity index (χ2n) is 10.5. The Balaban J connectivity index is 0.00000118. The number of hydrogen-bond donors (Lipinski definition) is 3. The fraction of sp³-hybridized carbons (Fsp3) is 0.538. The summed E-state index contributed by atoms with van der Waals surface area (Å²) >= 11 is 0. The molecule has 0 fully saturated rings. The molecule has 2 heterocycles. The fourth-order valence-electron chi connectivity index (χ4n) is 3.84. The summed E-state index contributed by atoms with van der Waals surface area (Å²) in [5.41, 5.74) is 6.04. The number of likely N-dealkylation sites (N-methyl/N-ethyl adjacent to an activating group) is 1. The lowest BCUT2D eigenvalue weighted by Gasteiger charge is -2.23. The number of carbonyl (C=O) groups is 3. The van der Waals surface area contributed by atoms with Crippen molar-refractivity contribution in [2.75, 3.05) is 20.1 Å². The van der Waals surface area contributed by atoms with Gasteiger partial charge in [-0.3, -0.25) is 9.59 Å². The molecule has 0 saturated carbocycles. The summed E-state index contributed by atoms with van der Waals surface area (Å²) in [5, 5.41) is 9.07. The molecule has 1 atom stereocenters. The lowest BCUT2D eigenvalue weighted by atomic mass is 10.0. The minimum atomic E-state index is -1.33. The molecule has 38 heavy (non-hydrogen) atoms. The summed E-state index contributed by atoms with van der Waals surface area (Å²) in [6, 6.07) is -0.500. The Morgan fingerprint density at radius 1 is 1.05 bits per heavy atom. The lowest BCUT2D eigenvalue weighted by molar-refractivity contribution is -0.127. The first kappa shape index (κ1) is 30.8. The number of nitrogens with two attached hydrogens (primary N) is 1. The van der Waals surface area contributed by atoms with Crippen LogP contribution in [0.5, 0.6) is 0 Å². The molecule has 0 bridgehead atoms. The minimum absolute atomic E-state index is 0.0169. The van der Waals surface area contributed by atoms with Crippen LogP contribution in [0.4, 0.5) is 18.0 Å². The van der Waals surface area contributed by atoms with Crippen LogP contribution in [0.1, 0.15) is 52.3 Å². The van der Waals surface area contributed by atoms with Crippen molar-refractivity contribution < 1.29 is 27.6 Å². The van der Waals surface area contributed by atoms with Crippen LogP contribution in [-0.2, 0) is 22.6 Å². The average Bonchev–Trinajstić information content (AvgIpc) is 3.17. The molecule has 1 aromatic carbocycles. The Labute approximate surface area is 220 Å². The zero-order chi connectivity index (χ0) is 28.7. The first-order valence-corrected chi connectivity index (χ1v) is 12.5. The molecule has 210 valence electrons. The van der Waals surface area contributed by atoms with E-state index in [1.54, 1.807) is 0 Å². The van der Waals surface area contributed by atoms with Gasteiger partial charge in [-0.2, -0.15) is 9.78 Å². The smallest absolute Gasteiger partial charge is 0.342 e. The number of primary amides is 1. The van der Waals surface area contributed by atoms with Crippen LogP contribution >= 0.6 is 0 Å². The number of rotatable bonds is 7. The fourth-order valence-corrected chi connectivity index (χ4v) is 3.84. The maximum Gasteiger partial charge on any atom is 0.342 e. The van der Waals surface area contributed by atoms with E-state index in [0.717, 1.165) is 10.6 Å². The van der Waals surface area contributed by atoms with Gasteiger partial charge in [-0.15, -0.1) is 0 Å². The van der Waals surface area contributed by atoms with Crippen LogP contribution in [0, 0.1) is 29.3 Å². The van der Waals surface area contributed by atoms with Crippen LogP contribution in [0.2, 0.25) is 0 Å². The summed E-state index contributed by atoms with van der Waals surface area (Å²) < 4.78 is 42.7. The number of nitrogens with one attached hydrogen (secondary N) is 2. The molecule has 9 nitrogen and oxygen atoms in total. The quantitative estimate of drug-likeness (QED) is 0.468. The number of amides is 3. The Morgan fingerprint density at radius 2 is 1.66 bits per heavy atom. The second-order valence-corrected chi connectivity index (χ2v) is 10.5. The number of hydrogen-bond acceptors (Lipinski definition) is 5. The van der Waals surface area contributed by atoms with Crippen LogP contribution in [0.3, 0.4) is 0 Å². The van der Waals surface area contributed by atoms with E-state index in [1.807, 2.05) is 25.8 Å². The molecule has 0 saturated heterocycles. The van der Waals surface area contributed by atoms with Crippen molar-refractivity contribution in [3.63, 3.8) is 0 Å². The zero-order valence-electron chi connectivity index (χ0n) is 22.7. The standard InChI is InChI=1S/C22H27F3N6O3.C4H10/c1-11(2)6-17(21(26)33)28-19(32)9-27-22(34)31-18-4-5-30(3)10-13(18)20(29-31)12-7-15(24)16(25)8-14(12)23;1-4(2)3/h7-8,11,17H,4-6,9-10H2,1-3H3,(H2,26,33)(H,27,34)(H,28,32);4H,1-3H3. The summed E-state index contributed by atoms with van der Waals surface area (Å²) in [4.78, 5) is 38.5. The molecule has 3 rings (SSSR count). The van der Waals surface area contributed by atoms with Crippen molar-refractivity contribution in [2.45, 2.75) is 60.0 Å². The van der Waals surface area contributed by atoms with Gasteiger partial charge in [0.25, 0.3) is 0 Å². The molecule has 3 amide bonds. The highest BCUT2D eigenvalue weighted by Gasteiger charge is 2.29. The Morgan fingerprint density at radius 3 is 2.24 bits per heavy atom. The van der Waals surface area contributed by atoms with Gasteiger partial charge in [-0.05, 0) is 31.4 Å². The average molecular weight is 539 g/mol. The number of carbonyl (C=O) groups excluding carboxylic acids is 3. The van der Waals surface area contributed by atoms with E-state index >= 15 is 0 Å². The maximum absolute atomic E-state index is 14.5. The first-order chi connectivity index (χ1) is 17.7. The molecule has 2 aromatic rings. The van der Waals surface area contributed by atoms with E-state index in [9.17, 15) is 27.6 Å². The van der Waals surface area contributed by atoms with Crippen LogP contribution < -0.4 is 16.4 Å². The van der Waals surface area contributed by atoms with E-state index in [4.69, 9.17) is 5.73 Å². The molecule has 1 aromatic heterocycles. The number of benzene rings is 1. The normalized spacial score (nSPS) is 14.0. The van der Waals surface area contributed by atoms with Gasteiger partial charge in [0, 0.05) is 36.7 Å². The van der Waals surface area contributed by atoms with Crippen molar-refractivity contribution in [1.29, 1.82) is 0 Å². The van der Waals surface area contributed by atoms with Crippen molar-refractivity contribution in [3.8, 4) is 11.3 Å². The molecule has 1 aliphatic heterocycles. The van der Waals surface area contributed by atoms with Gasteiger partial charge in [-0.25, -0.2) is 18.0 Å². The van der Waals surface area contributed by atoms with Gasteiger partial charge in [0.05, 0.1) is 12.2 Å². The van der Waals surface area contributed by atoms with Gasteiger partial charge in [0.1, 0.15) is 17.6 Å². The summed E-state index contributed by atoms with van der Waals surface area (Å²) in [7, 11) is 1.82. The Kier molecular flexibility index (Phi) is 10.9. The van der Waals surface area contributed by atoms with Crippen molar-refractivity contribution in [2.24, 2.45) is 17.6 Å². The molecule has 1 aliphatic rings. The van der Waals surface area contributed by atoms with Gasteiger partial charge >= 0.3 is 6.03 Å². The summed E-state index contributed by atoms with van der Waals surface area (Å²) in [6.07, 6.45) is 0.736. The molecule has 1 unspecified atom stereocenters. The topological polar surface area (TPSA) is 122 Å². The van der Waals surface area contributed by atoms with Crippen molar-refractivity contribution >= 4 is 17.8 Å². The molecule has 4 N–H and O–H groups in total. The van der Waals surface area contributed by atoms with E-state index in [0.29, 0.717) is 49.3 Å². The third-order valence-corrected chi connectivity index (χ3v) is 5.49. The monoisotopic (exact) mass is 538 g/mol. The number of halogens is 3. The molecule has 0 radical (unpaired) electrons. The van der Waals surface area contributed by atoms with Gasteiger partial charge in [0.15, 0.2) is 11.6 Å². The highest BCUT2D eigenvalue weighted by atomic mass is 19.2. The third kappa shape index (κ3) is 8.30. The Bertz CT molecular complexity index is 1160. The SMILES string of the molecule is CC(C)C.CC(C)CC(NC(=O)CNC(=O)n1nc(-c2cc(F)c(F)cc2F)c2c1CCN(C)C2)C(N)=O. The van der Waals surface area contributed by atoms with Crippen LogP contribution in [-0.4, -0.2) is 58.7 Å². The number of nitrogens with zero attached hydrogens (tertiary/aromatic N) is 3. The van der Waals surface area contributed by atoms with Gasteiger partial charge in [-0.1, -0.05) is 34.6 Å². The molecule has 12 heteroatoms. The van der Waals surface area contributed by atoms with E-state index in [2.05, 4.69) is 36.5 Å². The van der Waals surface area contributed by atoms with Crippen molar-refractivity contribution in [1.82, 2.24) is 25.3 Å². The highest BCUT2D eigenvalue weighted by molar-refractivity contribution is 5.89. The second kappa shape index (κ2) is 13.4. The largest absolute Gasteiger partial charge is 0.368 e. The van der Waals surface area contributed by atoms with Gasteiger partial charge in [0.2, 0.25) is 11.8 Å². The predicted molar refractivity (Wildman–Crippen MR) is 137 cm³/mol. The van der Waals surface area contributed by atoms with E-state index < -0.39 is 47.9 Å². The highest BCUT2D eigenvalue weighted by Crippen LogP contribution is 2.32. The van der Waals surface area contributed by atoms with Gasteiger partial charge < -0.3 is 21.3 Å². The minimum Gasteiger partial charge on any atom is -0.368 e. The van der Waals surface area contributed by atoms with Crippen molar-refractivity contribution in [3.05, 3.63) is 40.8 Å². The number of aromatic nitrogens is 2. The summed E-state index contributed by atoms with van der Waals surface area (Å²) in [5.74, 6) is -3.95. The maximum atomic E-state index is 14.5. The molecule has 0 spiro atoms.